The SMILES string of the molecule is Cc1ccc(-c2cc(C(=O)NC(C)c3ccc(NC(=O)C4CC4)cc3)on2)cc1. The molecule has 6 nitrogen and oxygen atoms in total. The number of carbonyl (C=O) groups excluding carboxylic acids is 2. The van der Waals surface area contributed by atoms with E-state index in [0.717, 1.165) is 35.2 Å². The summed E-state index contributed by atoms with van der Waals surface area (Å²) in [7, 11) is 0. The molecule has 3 aromatic rings. The van der Waals surface area contributed by atoms with Crippen LogP contribution in [0.15, 0.2) is 59.1 Å². The molecule has 0 bridgehead atoms. The minimum Gasteiger partial charge on any atom is -0.350 e. The highest BCUT2D eigenvalue weighted by Crippen LogP contribution is 2.30. The van der Waals surface area contributed by atoms with Crippen LogP contribution in [0.4, 0.5) is 5.69 Å². The van der Waals surface area contributed by atoms with Gasteiger partial charge < -0.3 is 15.2 Å². The summed E-state index contributed by atoms with van der Waals surface area (Å²) >= 11 is 0. The van der Waals surface area contributed by atoms with Crippen molar-refractivity contribution in [3.8, 4) is 11.3 Å². The fourth-order valence-electron chi connectivity index (χ4n) is 3.04. The highest BCUT2D eigenvalue weighted by molar-refractivity contribution is 5.94. The molecule has 1 aliphatic carbocycles. The molecule has 1 aliphatic rings. The largest absolute Gasteiger partial charge is 0.350 e. The van der Waals surface area contributed by atoms with Crippen molar-refractivity contribution < 1.29 is 14.1 Å². The lowest BCUT2D eigenvalue weighted by molar-refractivity contribution is -0.117. The molecule has 0 spiro atoms. The Morgan fingerprint density at radius 2 is 1.76 bits per heavy atom. The molecule has 0 saturated heterocycles. The van der Waals surface area contributed by atoms with Crippen molar-refractivity contribution in [2.45, 2.75) is 32.7 Å². The van der Waals surface area contributed by atoms with Gasteiger partial charge in [-0.15, -0.1) is 0 Å². The van der Waals surface area contributed by atoms with Crippen molar-refractivity contribution in [3.05, 3.63) is 71.5 Å². The van der Waals surface area contributed by atoms with Gasteiger partial charge in [0.25, 0.3) is 5.91 Å². The first-order valence-corrected chi connectivity index (χ1v) is 9.75. The lowest BCUT2D eigenvalue weighted by atomic mass is 10.1. The quantitative estimate of drug-likeness (QED) is 0.651. The maximum atomic E-state index is 12.5. The van der Waals surface area contributed by atoms with Crippen molar-refractivity contribution in [2.24, 2.45) is 5.92 Å². The third-order valence-corrected chi connectivity index (χ3v) is 5.06. The molecule has 6 heteroatoms. The molecule has 1 unspecified atom stereocenters. The Labute approximate surface area is 169 Å². The van der Waals surface area contributed by atoms with Gasteiger partial charge in [0.2, 0.25) is 11.7 Å². The van der Waals surface area contributed by atoms with Crippen molar-refractivity contribution in [2.75, 3.05) is 5.32 Å². The zero-order valence-corrected chi connectivity index (χ0v) is 16.4. The standard InChI is InChI=1S/C23H23N3O3/c1-14-3-5-17(6-4-14)20-13-21(29-26-20)23(28)24-15(2)16-9-11-19(12-10-16)25-22(27)18-7-8-18/h3-6,9-13,15,18H,7-8H2,1-2H3,(H,24,28)(H,25,27). The van der Waals surface area contributed by atoms with Crippen LogP contribution in [0.25, 0.3) is 11.3 Å². The summed E-state index contributed by atoms with van der Waals surface area (Å²) in [5, 5.41) is 9.82. The van der Waals surface area contributed by atoms with Crippen LogP contribution in [-0.2, 0) is 4.79 Å². The molecule has 1 atom stereocenters. The van der Waals surface area contributed by atoms with Gasteiger partial charge in [0.1, 0.15) is 5.69 Å². The van der Waals surface area contributed by atoms with E-state index in [2.05, 4.69) is 15.8 Å². The number of anilines is 1. The molecule has 1 saturated carbocycles. The number of carbonyl (C=O) groups is 2. The van der Waals surface area contributed by atoms with Crippen molar-refractivity contribution in [1.82, 2.24) is 10.5 Å². The monoisotopic (exact) mass is 389 g/mol. The van der Waals surface area contributed by atoms with Gasteiger partial charge >= 0.3 is 0 Å². The van der Waals surface area contributed by atoms with E-state index in [9.17, 15) is 9.59 Å². The van der Waals surface area contributed by atoms with E-state index in [-0.39, 0.29) is 29.5 Å². The number of hydrogen-bond donors (Lipinski definition) is 2. The summed E-state index contributed by atoms with van der Waals surface area (Å²) in [6, 6.07) is 16.8. The maximum absolute atomic E-state index is 12.5. The van der Waals surface area contributed by atoms with Gasteiger partial charge in [-0.05, 0) is 44.4 Å². The number of nitrogens with one attached hydrogen (secondary N) is 2. The van der Waals surface area contributed by atoms with E-state index >= 15 is 0 Å². The third-order valence-electron chi connectivity index (χ3n) is 5.06. The number of benzene rings is 2. The smallest absolute Gasteiger partial charge is 0.290 e. The molecule has 29 heavy (non-hydrogen) atoms. The average molecular weight is 389 g/mol. The maximum Gasteiger partial charge on any atom is 0.290 e. The summed E-state index contributed by atoms with van der Waals surface area (Å²) < 4.78 is 5.23. The summed E-state index contributed by atoms with van der Waals surface area (Å²) in [6.45, 7) is 3.91. The number of aromatic nitrogens is 1. The van der Waals surface area contributed by atoms with Crippen LogP contribution in [0.2, 0.25) is 0 Å². The molecule has 2 amide bonds. The second kappa shape index (κ2) is 7.91. The normalized spacial score (nSPS) is 14.3. The number of hydrogen-bond acceptors (Lipinski definition) is 4. The molecular formula is C23H23N3O3. The Bertz CT molecular complexity index is 1020. The lowest BCUT2D eigenvalue weighted by Crippen LogP contribution is -2.26. The first kappa shape index (κ1) is 18.9. The Hall–Kier alpha value is -3.41. The highest BCUT2D eigenvalue weighted by Gasteiger charge is 2.29. The Balaban J connectivity index is 1.37. The Morgan fingerprint density at radius 3 is 2.41 bits per heavy atom. The topological polar surface area (TPSA) is 84.2 Å². The second-order valence-electron chi connectivity index (χ2n) is 7.52. The van der Waals surface area contributed by atoms with Crippen LogP contribution in [0.1, 0.15) is 47.5 Å². The predicted molar refractivity (Wildman–Crippen MR) is 110 cm³/mol. The van der Waals surface area contributed by atoms with Crippen LogP contribution >= 0.6 is 0 Å². The number of aryl methyl sites for hydroxylation is 1. The minimum absolute atomic E-state index is 0.0776. The summed E-state index contributed by atoms with van der Waals surface area (Å²) in [5.41, 5.74) is 4.37. The molecule has 1 aromatic heterocycles. The van der Waals surface area contributed by atoms with Crippen LogP contribution in [-0.4, -0.2) is 17.0 Å². The van der Waals surface area contributed by atoms with Crippen molar-refractivity contribution in [3.63, 3.8) is 0 Å². The van der Waals surface area contributed by atoms with E-state index in [0.29, 0.717) is 5.69 Å². The van der Waals surface area contributed by atoms with Crippen LogP contribution < -0.4 is 10.6 Å². The fourth-order valence-corrected chi connectivity index (χ4v) is 3.04. The third kappa shape index (κ3) is 4.54. The van der Waals surface area contributed by atoms with Gasteiger partial charge in [-0.1, -0.05) is 47.1 Å². The molecule has 0 aliphatic heterocycles. The van der Waals surface area contributed by atoms with Gasteiger partial charge in [0, 0.05) is 23.2 Å². The van der Waals surface area contributed by atoms with E-state index in [4.69, 9.17) is 4.52 Å². The van der Waals surface area contributed by atoms with Gasteiger partial charge in [-0.25, -0.2) is 0 Å². The molecule has 148 valence electrons. The molecule has 1 fully saturated rings. The Kier molecular flexibility index (Phi) is 5.16. The van der Waals surface area contributed by atoms with E-state index in [1.165, 1.54) is 0 Å². The summed E-state index contributed by atoms with van der Waals surface area (Å²) in [6.07, 6.45) is 1.94. The molecule has 2 N–H and O–H groups in total. The number of nitrogens with zero attached hydrogens (tertiary/aromatic N) is 1. The predicted octanol–water partition coefficient (Wildman–Crippen LogP) is 4.49. The molecule has 2 aromatic carbocycles. The van der Waals surface area contributed by atoms with Gasteiger partial charge in [-0.2, -0.15) is 0 Å². The molecule has 4 rings (SSSR count). The molecule has 0 radical (unpaired) electrons. The van der Waals surface area contributed by atoms with E-state index < -0.39 is 0 Å². The second-order valence-corrected chi connectivity index (χ2v) is 7.52. The van der Waals surface area contributed by atoms with E-state index in [1.807, 2.05) is 62.4 Å². The first-order valence-electron chi connectivity index (χ1n) is 9.75. The first-order chi connectivity index (χ1) is 14.0. The van der Waals surface area contributed by atoms with Gasteiger partial charge in [0.05, 0.1) is 6.04 Å². The van der Waals surface area contributed by atoms with Crippen molar-refractivity contribution >= 4 is 17.5 Å². The summed E-state index contributed by atoms with van der Waals surface area (Å²) in [5.74, 6) is 0.0867. The van der Waals surface area contributed by atoms with E-state index in [1.54, 1.807) is 6.07 Å². The minimum atomic E-state index is -0.325. The zero-order chi connectivity index (χ0) is 20.4. The number of rotatable bonds is 6. The van der Waals surface area contributed by atoms with Gasteiger partial charge in [0.15, 0.2) is 0 Å². The zero-order valence-electron chi connectivity index (χ0n) is 16.4. The average Bonchev–Trinajstić information content (AvgIpc) is 3.46. The number of amides is 2. The molecule has 1 heterocycles. The fraction of sp³-hybridized carbons (Fsp3) is 0.261. The molecular weight excluding hydrogens is 366 g/mol. The van der Waals surface area contributed by atoms with Crippen LogP contribution in [0.5, 0.6) is 0 Å². The van der Waals surface area contributed by atoms with Crippen LogP contribution in [0.3, 0.4) is 0 Å². The lowest BCUT2D eigenvalue weighted by Gasteiger charge is -2.14. The highest BCUT2D eigenvalue weighted by atomic mass is 16.5. The summed E-state index contributed by atoms with van der Waals surface area (Å²) in [4.78, 5) is 24.4. The Morgan fingerprint density at radius 1 is 1.07 bits per heavy atom. The van der Waals surface area contributed by atoms with Crippen molar-refractivity contribution in [1.29, 1.82) is 0 Å². The van der Waals surface area contributed by atoms with Gasteiger partial charge in [-0.3, -0.25) is 9.59 Å². The van der Waals surface area contributed by atoms with Crippen LogP contribution in [0, 0.1) is 12.8 Å².